The van der Waals surface area contributed by atoms with Gasteiger partial charge in [0.1, 0.15) is 5.82 Å². The molecule has 0 saturated carbocycles. The van der Waals surface area contributed by atoms with Gasteiger partial charge < -0.3 is 5.32 Å². The molecule has 0 bridgehead atoms. The van der Waals surface area contributed by atoms with Crippen LogP contribution >= 0.6 is 0 Å². The van der Waals surface area contributed by atoms with Crippen LogP contribution in [-0.2, 0) is 0 Å². The summed E-state index contributed by atoms with van der Waals surface area (Å²) in [5, 5.41) is 3.48. The highest BCUT2D eigenvalue weighted by molar-refractivity contribution is 5.19. The lowest BCUT2D eigenvalue weighted by Crippen LogP contribution is -2.20. The second-order valence-corrected chi connectivity index (χ2v) is 4.73. The Morgan fingerprint density at radius 3 is 2.71 bits per heavy atom. The Morgan fingerprint density at radius 2 is 2.06 bits per heavy atom. The zero-order chi connectivity index (χ0) is 12.1. The maximum Gasteiger partial charge on any atom is 0.123 e. The van der Waals surface area contributed by atoms with E-state index in [1.165, 1.54) is 31.4 Å². The van der Waals surface area contributed by atoms with E-state index in [9.17, 15) is 4.39 Å². The molecule has 17 heavy (non-hydrogen) atoms. The lowest BCUT2D eigenvalue weighted by Gasteiger charge is -2.14. The van der Waals surface area contributed by atoms with Crippen molar-refractivity contribution in [3.63, 3.8) is 0 Å². The van der Waals surface area contributed by atoms with Gasteiger partial charge in [0.15, 0.2) is 0 Å². The van der Waals surface area contributed by atoms with Gasteiger partial charge in [-0.3, -0.25) is 0 Å². The molecule has 0 saturated heterocycles. The Labute approximate surface area is 103 Å². The van der Waals surface area contributed by atoms with Gasteiger partial charge in [0.25, 0.3) is 0 Å². The summed E-state index contributed by atoms with van der Waals surface area (Å²) >= 11 is 0. The van der Waals surface area contributed by atoms with Crippen LogP contribution in [-0.4, -0.2) is 6.54 Å². The maximum absolute atomic E-state index is 12.8. The highest BCUT2D eigenvalue weighted by Crippen LogP contribution is 2.20. The van der Waals surface area contributed by atoms with E-state index >= 15 is 0 Å². The van der Waals surface area contributed by atoms with Gasteiger partial charge in [0.2, 0.25) is 0 Å². The van der Waals surface area contributed by atoms with Crippen molar-refractivity contribution in [3.05, 3.63) is 47.3 Å². The van der Waals surface area contributed by atoms with Crippen LogP contribution in [0.1, 0.15) is 44.2 Å². The quantitative estimate of drug-likeness (QED) is 0.759. The summed E-state index contributed by atoms with van der Waals surface area (Å²) in [7, 11) is 0. The zero-order valence-electron chi connectivity index (χ0n) is 10.4. The number of hydrogen-bond acceptors (Lipinski definition) is 1. The maximum atomic E-state index is 12.8. The largest absolute Gasteiger partial charge is 0.310 e. The normalized spacial score (nSPS) is 16.9. The van der Waals surface area contributed by atoms with Crippen LogP contribution in [0.2, 0.25) is 0 Å². The first-order chi connectivity index (χ1) is 8.25. The Kier molecular flexibility index (Phi) is 4.32. The molecule has 1 aromatic carbocycles. The molecule has 0 fully saturated rings. The van der Waals surface area contributed by atoms with Crippen molar-refractivity contribution in [1.29, 1.82) is 0 Å². The van der Waals surface area contributed by atoms with E-state index in [0.717, 1.165) is 18.5 Å². The van der Waals surface area contributed by atoms with Crippen LogP contribution in [0.3, 0.4) is 0 Å². The van der Waals surface area contributed by atoms with Gasteiger partial charge in [-0.05, 0) is 56.8 Å². The molecule has 1 N–H and O–H groups in total. The predicted octanol–water partition coefficient (Wildman–Crippen LogP) is 3.98. The Balaban J connectivity index is 1.76. The molecular formula is C15H20FN. The SMILES string of the molecule is CC(NCCC1=CCCC1)c1ccc(F)cc1. The topological polar surface area (TPSA) is 12.0 Å². The Hall–Kier alpha value is -1.15. The van der Waals surface area contributed by atoms with Crippen molar-refractivity contribution in [1.82, 2.24) is 5.32 Å². The number of allylic oxidation sites excluding steroid dienone is 1. The third-order valence-corrected chi connectivity index (χ3v) is 3.40. The molecule has 0 amide bonds. The third kappa shape index (κ3) is 3.67. The average molecular weight is 233 g/mol. The Morgan fingerprint density at radius 1 is 1.29 bits per heavy atom. The van der Waals surface area contributed by atoms with E-state index in [0.29, 0.717) is 0 Å². The van der Waals surface area contributed by atoms with E-state index in [1.807, 2.05) is 12.1 Å². The molecule has 0 aromatic heterocycles. The number of rotatable bonds is 5. The molecule has 0 spiro atoms. The van der Waals surface area contributed by atoms with Crippen LogP contribution in [0.4, 0.5) is 4.39 Å². The van der Waals surface area contributed by atoms with E-state index in [1.54, 1.807) is 5.57 Å². The van der Waals surface area contributed by atoms with E-state index in [4.69, 9.17) is 0 Å². The summed E-state index contributed by atoms with van der Waals surface area (Å²) in [4.78, 5) is 0. The monoisotopic (exact) mass is 233 g/mol. The fourth-order valence-electron chi connectivity index (χ4n) is 2.28. The minimum absolute atomic E-state index is 0.169. The van der Waals surface area contributed by atoms with Crippen LogP contribution in [0.25, 0.3) is 0 Å². The molecule has 1 aromatic rings. The van der Waals surface area contributed by atoms with Gasteiger partial charge in [-0.25, -0.2) is 4.39 Å². The number of benzene rings is 1. The molecule has 0 radical (unpaired) electrons. The lowest BCUT2D eigenvalue weighted by atomic mass is 10.1. The molecule has 2 rings (SSSR count). The van der Waals surface area contributed by atoms with Crippen molar-refractivity contribution in [2.24, 2.45) is 0 Å². The summed E-state index contributed by atoms with van der Waals surface area (Å²) < 4.78 is 12.8. The highest BCUT2D eigenvalue weighted by Gasteiger charge is 2.07. The first kappa shape index (κ1) is 12.3. The lowest BCUT2D eigenvalue weighted by molar-refractivity contribution is 0.569. The fourth-order valence-corrected chi connectivity index (χ4v) is 2.28. The fraction of sp³-hybridized carbons (Fsp3) is 0.467. The van der Waals surface area contributed by atoms with E-state index in [-0.39, 0.29) is 11.9 Å². The third-order valence-electron chi connectivity index (χ3n) is 3.40. The summed E-state index contributed by atoms with van der Waals surface area (Å²) in [6, 6.07) is 7.03. The van der Waals surface area contributed by atoms with Gasteiger partial charge >= 0.3 is 0 Å². The van der Waals surface area contributed by atoms with Crippen LogP contribution in [0.15, 0.2) is 35.9 Å². The van der Waals surface area contributed by atoms with Crippen molar-refractivity contribution >= 4 is 0 Å². The highest BCUT2D eigenvalue weighted by atomic mass is 19.1. The van der Waals surface area contributed by atoms with Gasteiger partial charge in [0, 0.05) is 6.04 Å². The van der Waals surface area contributed by atoms with Gasteiger partial charge in [-0.15, -0.1) is 0 Å². The van der Waals surface area contributed by atoms with Gasteiger partial charge in [0.05, 0.1) is 0 Å². The smallest absolute Gasteiger partial charge is 0.123 e. The molecule has 92 valence electrons. The molecule has 1 aliphatic rings. The minimum atomic E-state index is -0.169. The van der Waals surface area contributed by atoms with Crippen LogP contribution in [0.5, 0.6) is 0 Å². The van der Waals surface area contributed by atoms with Crippen LogP contribution < -0.4 is 5.32 Å². The Bertz CT molecular complexity index is 380. The number of nitrogens with one attached hydrogen (secondary N) is 1. The summed E-state index contributed by atoms with van der Waals surface area (Å²) in [5.41, 5.74) is 2.73. The van der Waals surface area contributed by atoms with Crippen molar-refractivity contribution in [2.75, 3.05) is 6.54 Å². The van der Waals surface area contributed by atoms with E-state index < -0.39 is 0 Å². The molecule has 0 aliphatic heterocycles. The molecule has 2 heteroatoms. The van der Waals surface area contributed by atoms with Gasteiger partial charge in [-0.1, -0.05) is 23.8 Å². The molecule has 1 unspecified atom stereocenters. The molecule has 1 atom stereocenters. The van der Waals surface area contributed by atoms with Crippen molar-refractivity contribution in [2.45, 2.75) is 38.6 Å². The zero-order valence-corrected chi connectivity index (χ0v) is 10.4. The van der Waals surface area contributed by atoms with Gasteiger partial charge in [-0.2, -0.15) is 0 Å². The molecular weight excluding hydrogens is 213 g/mol. The molecule has 1 nitrogen and oxygen atoms in total. The minimum Gasteiger partial charge on any atom is -0.310 e. The van der Waals surface area contributed by atoms with Crippen molar-refractivity contribution in [3.8, 4) is 0 Å². The summed E-state index contributed by atoms with van der Waals surface area (Å²) in [6.07, 6.45) is 7.36. The molecule has 1 aliphatic carbocycles. The number of halogens is 1. The summed E-state index contributed by atoms with van der Waals surface area (Å²) in [5.74, 6) is -0.169. The molecule has 0 heterocycles. The van der Waals surface area contributed by atoms with Crippen LogP contribution in [0, 0.1) is 5.82 Å². The predicted molar refractivity (Wildman–Crippen MR) is 69.4 cm³/mol. The standard InChI is InChI=1S/C15H20FN/c1-12(14-6-8-15(16)9-7-14)17-11-10-13-4-2-3-5-13/h4,6-9,12,17H,2-3,5,10-11H2,1H3. The second kappa shape index (κ2) is 5.97. The van der Waals surface area contributed by atoms with E-state index in [2.05, 4.69) is 18.3 Å². The average Bonchev–Trinajstić information content (AvgIpc) is 2.83. The second-order valence-electron chi connectivity index (χ2n) is 4.73. The number of hydrogen-bond donors (Lipinski definition) is 1. The summed E-state index contributed by atoms with van der Waals surface area (Å²) in [6.45, 7) is 3.13. The van der Waals surface area contributed by atoms with Crippen molar-refractivity contribution < 1.29 is 4.39 Å². The first-order valence-electron chi connectivity index (χ1n) is 6.42. The first-order valence-corrected chi connectivity index (χ1v) is 6.42.